The third kappa shape index (κ3) is 2.70. The maximum atomic E-state index is 14.0. The molecule has 2 heterocycles. The summed E-state index contributed by atoms with van der Waals surface area (Å²) in [6, 6.07) is 6.31. The van der Waals surface area contributed by atoms with Crippen LogP contribution in [0.4, 0.5) is 4.39 Å². The zero-order chi connectivity index (χ0) is 15.0. The fraction of sp³-hybridized carbons (Fsp3) is 0. The first-order chi connectivity index (χ1) is 10.1. The van der Waals surface area contributed by atoms with Gasteiger partial charge in [-0.3, -0.25) is 0 Å². The van der Waals surface area contributed by atoms with E-state index >= 15 is 0 Å². The summed E-state index contributed by atoms with van der Waals surface area (Å²) < 4.78 is 14.0. The number of carbonyl (C=O) groups is 1. The summed E-state index contributed by atoms with van der Waals surface area (Å²) in [5.74, 6) is -1.48. The van der Waals surface area contributed by atoms with Crippen LogP contribution in [-0.4, -0.2) is 16.1 Å². The van der Waals surface area contributed by atoms with Gasteiger partial charge in [0.05, 0.1) is 21.2 Å². The van der Waals surface area contributed by atoms with Crippen LogP contribution in [0, 0.1) is 5.82 Å². The molecule has 0 aliphatic heterocycles. The van der Waals surface area contributed by atoms with E-state index in [1.54, 1.807) is 29.0 Å². The zero-order valence-electron chi connectivity index (χ0n) is 10.3. The third-order valence-electron chi connectivity index (χ3n) is 2.79. The normalized spacial score (nSPS) is 10.8. The lowest BCUT2D eigenvalue weighted by Gasteiger charge is -2.00. The molecule has 0 aliphatic rings. The number of hydrogen-bond donors (Lipinski definition) is 1. The Morgan fingerprint density at radius 3 is 2.81 bits per heavy atom. The Labute approximate surface area is 132 Å². The molecule has 0 radical (unpaired) electrons. The Balaban J connectivity index is 1.99. The van der Waals surface area contributed by atoms with Crippen molar-refractivity contribution in [1.29, 1.82) is 0 Å². The van der Waals surface area contributed by atoms with Crippen LogP contribution in [0.25, 0.3) is 21.1 Å². The number of nitrogens with zero attached hydrogens (tertiary/aromatic N) is 1. The SMILES string of the molecule is O=C(O)c1csc(-c2csc(-c3cccc(Cl)c3F)n2)c1. The van der Waals surface area contributed by atoms with Crippen molar-refractivity contribution in [2.75, 3.05) is 0 Å². The first-order valence-corrected chi connectivity index (χ1v) is 7.92. The van der Waals surface area contributed by atoms with Gasteiger partial charge in [-0.15, -0.1) is 22.7 Å². The first-order valence-electron chi connectivity index (χ1n) is 5.78. The molecule has 3 aromatic rings. The van der Waals surface area contributed by atoms with Gasteiger partial charge in [0, 0.05) is 16.3 Å². The van der Waals surface area contributed by atoms with Gasteiger partial charge < -0.3 is 5.11 Å². The van der Waals surface area contributed by atoms with Gasteiger partial charge in [-0.05, 0) is 18.2 Å². The van der Waals surface area contributed by atoms with Crippen LogP contribution in [0.2, 0.25) is 5.02 Å². The van der Waals surface area contributed by atoms with E-state index in [0.717, 1.165) is 4.88 Å². The van der Waals surface area contributed by atoms with Crippen molar-refractivity contribution in [3.05, 3.63) is 51.4 Å². The van der Waals surface area contributed by atoms with Crippen molar-refractivity contribution in [1.82, 2.24) is 4.98 Å². The van der Waals surface area contributed by atoms with Gasteiger partial charge in [0.1, 0.15) is 5.01 Å². The van der Waals surface area contributed by atoms with Gasteiger partial charge >= 0.3 is 5.97 Å². The summed E-state index contributed by atoms with van der Waals surface area (Å²) in [5, 5.41) is 12.8. The number of carboxylic acid groups (broad SMARTS) is 1. The maximum absolute atomic E-state index is 14.0. The van der Waals surface area contributed by atoms with E-state index in [-0.39, 0.29) is 10.6 Å². The van der Waals surface area contributed by atoms with Crippen LogP contribution in [0.3, 0.4) is 0 Å². The Morgan fingerprint density at radius 2 is 2.10 bits per heavy atom. The Hall–Kier alpha value is -1.76. The molecule has 0 bridgehead atoms. The number of carboxylic acids is 1. The third-order valence-corrected chi connectivity index (χ3v) is 4.91. The second kappa shape index (κ2) is 5.55. The predicted octanol–water partition coefficient (Wildman–Crippen LogP) is 5.03. The fourth-order valence-corrected chi connectivity index (χ4v) is 3.69. The molecule has 0 fully saturated rings. The highest BCUT2D eigenvalue weighted by molar-refractivity contribution is 7.15. The maximum Gasteiger partial charge on any atom is 0.336 e. The van der Waals surface area contributed by atoms with E-state index in [1.165, 1.54) is 28.7 Å². The first kappa shape index (κ1) is 14.2. The Kier molecular flexibility index (Phi) is 3.75. The molecule has 1 aromatic carbocycles. The van der Waals surface area contributed by atoms with Crippen LogP contribution in [-0.2, 0) is 0 Å². The van der Waals surface area contributed by atoms with E-state index in [0.29, 0.717) is 16.3 Å². The van der Waals surface area contributed by atoms with Crippen molar-refractivity contribution >= 4 is 40.2 Å². The number of thiazole rings is 1. The lowest BCUT2D eigenvalue weighted by Crippen LogP contribution is -1.91. The van der Waals surface area contributed by atoms with Crippen molar-refractivity contribution in [2.45, 2.75) is 0 Å². The van der Waals surface area contributed by atoms with Crippen molar-refractivity contribution in [3.8, 4) is 21.1 Å². The van der Waals surface area contributed by atoms with Gasteiger partial charge in [-0.1, -0.05) is 17.7 Å². The van der Waals surface area contributed by atoms with Crippen LogP contribution in [0.15, 0.2) is 35.0 Å². The molecule has 0 atom stereocenters. The molecule has 7 heteroatoms. The zero-order valence-corrected chi connectivity index (χ0v) is 12.7. The number of rotatable bonds is 3. The molecule has 1 N–H and O–H groups in total. The summed E-state index contributed by atoms with van der Waals surface area (Å²) in [4.78, 5) is 16.0. The van der Waals surface area contributed by atoms with E-state index in [9.17, 15) is 9.18 Å². The topological polar surface area (TPSA) is 50.2 Å². The number of halogens is 2. The summed E-state index contributed by atoms with van der Waals surface area (Å²) >= 11 is 8.34. The van der Waals surface area contributed by atoms with Gasteiger partial charge in [0.15, 0.2) is 5.82 Å². The summed E-state index contributed by atoms with van der Waals surface area (Å²) in [6.07, 6.45) is 0. The van der Waals surface area contributed by atoms with Gasteiger partial charge in [0.2, 0.25) is 0 Å². The van der Waals surface area contributed by atoms with E-state index in [4.69, 9.17) is 16.7 Å². The average Bonchev–Trinajstić information content (AvgIpc) is 3.09. The molecule has 21 heavy (non-hydrogen) atoms. The summed E-state index contributed by atoms with van der Waals surface area (Å²) in [6.45, 7) is 0. The molecule has 0 amide bonds. The Morgan fingerprint density at radius 1 is 1.29 bits per heavy atom. The molecule has 0 saturated carbocycles. The highest BCUT2D eigenvalue weighted by Crippen LogP contribution is 2.34. The predicted molar refractivity (Wildman–Crippen MR) is 82.8 cm³/mol. The summed E-state index contributed by atoms with van der Waals surface area (Å²) in [7, 11) is 0. The van der Waals surface area contributed by atoms with Crippen LogP contribution < -0.4 is 0 Å². The summed E-state index contributed by atoms with van der Waals surface area (Å²) in [5.41, 5.74) is 1.19. The number of hydrogen-bond acceptors (Lipinski definition) is 4. The number of aromatic nitrogens is 1. The van der Waals surface area contributed by atoms with Crippen LogP contribution >= 0.6 is 34.3 Å². The number of aromatic carboxylic acids is 1. The molecule has 106 valence electrons. The molecule has 3 rings (SSSR count). The lowest BCUT2D eigenvalue weighted by molar-refractivity contribution is 0.0697. The quantitative estimate of drug-likeness (QED) is 0.728. The average molecular weight is 340 g/mol. The minimum atomic E-state index is -0.978. The molecule has 0 aliphatic carbocycles. The molecule has 0 spiro atoms. The van der Waals surface area contributed by atoms with E-state index in [2.05, 4.69) is 4.98 Å². The fourth-order valence-electron chi connectivity index (χ4n) is 1.76. The second-order valence-electron chi connectivity index (χ2n) is 4.14. The van der Waals surface area contributed by atoms with Gasteiger partial charge in [0.25, 0.3) is 0 Å². The van der Waals surface area contributed by atoms with E-state index < -0.39 is 11.8 Å². The minimum Gasteiger partial charge on any atom is -0.478 e. The lowest BCUT2D eigenvalue weighted by atomic mass is 10.2. The van der Waals surface area contributed by atoms with Crippen LogP contribution in [0.1, 0.15) is 10.4 Å². The minimum absolute atomic E-state index is 0.0496. The van der Waals surface area contributed by atoms with Gasteiger partial charge in [-0.25, -0.2) is 14.2 Å². The molecular weight excluding hydrogens is 333 g/mol. The molecular formula is C14H7ClFNO2S2. The molecule has 0 unspecified atom stereocenters. The number of benzene rings is 1. The van der Waals surface area contributed by atoms with E-state index in [1.807, 2.05) is 0 Å². The monoisotopic (exact) mass is 339 g/mol. The largest absolute Gasteiger partial charge is 0.478 e. The molecule has 2 aromatic heterocycles. The second-order valence-corrected chi connectivity index (χ2v) is 6.32. The standard InChI is InChI=1S/C14H7ClFNO2S2/c15-9-3-1-2-8(12(9)16)13-17-10(6-21-13)11-4-7(5-20-11)14(18)19/h1-6H,(H,18,19). The number of thiophene rings is 1. The van der Waals surface area contributed by atoms with Gasteiger partial charge in [-0.2, -0.15) is 0 Å². The Bertz CT molecular complexity index is 828. The highest BCUT2D eigenvalue weighted by Gasteiger charge is 2.15. The van der Waals surface area contributed by atoms with Crippen molar-refractivity contribution in [2.24, 2.45) is 0 Å². The smallest absolute Gasteiger partial charge is 0.336 e. The molecule has 3 nitrogen and oxygen atoms in total. The van der Waals surface area contributed by atoms with Crippen molar-refractivity contribution < 1.29 is 14.3 Å². The molecule has 0 saturated heterocycles. The van der Waals surface area contributed by atoms with Crippen LogP contribution in [0.5, 0.6) is 0 Å². The highest BCUT2D eigenvalue weighted by atomic mass is 35.5. The van der Waals surface area contributed by atoms with Crippen molar-refractivity contribution in [3.63, 3.8) is 0 Å².